The third-order valence-corrected chi connectivity index (χ3v) is 2.58. The highest BCUT2D eigenvalue weighted by molar-refractivity contribution is 9.10. The molecule has 0 aromatic carbocycles. The summed E-state index contributed by atoms with van der Waals surface area (Å²) in [5.41, 5.74) is 6.29. The second-order valence-electron chi connectivity index (χ2n) is 2.96. The van der Waals surface area contributed by atoms with Crippen LogP contribution in [-0.4, -0.2) is 15.9 Å². The monoisotopic (exact) mass is 257 g/mol. The molecule has 0 fully saturated rings. The fraction of sp³-hybridized carbons (Fsp3) is 0.222. The van der Waals surface area contributed by atoms with Crippen molar-refractivity contribution in [1.29, 1.82) is 0 Å². The van der Waals surface area contributed by atoms with E-state index < -0.39 is 0 Å². The van der Waals surface area contributed by atoms with Crippen LogP contribution < -0.4 is 5.73 Å². The van der Waals surface area contributed by atoms with Gasteiger partial charge in [0.05, 0.1) is 5.52 Å². The molecule has 0 atom stereocenters. The molecule has 0 amide bonds. The van der Waals surface area contributed by atoms with Gasteiger partial charge in [-0.15, -0.1) is 0 Å². The molecule has 0 bridgehead atoms. The summed E-state index contributed by atoms with van der Waals surface area (Å²) in [5, 5.41) is 0. The van der Waals surface area contributed by atoms with Crippen LogP contribution in [0.15, 0.2) is 22.9 Å². The van der Waals surface area contributed by atoms with E-state index in [2.05, 4.69) is 20.9 Å². The highest BCUT2D eigenvalue weighted by Gasteiger charge is 2.08. The fourth-order valence-electron chi connectivity index (χ4n) is 1.39. The lowest BCUT2D eigenvalue weighted by Gasteiger charge is -1.98. The van der Waals surface area contributed by atoms with Gasteiger partial charge in [-0.25, -0.2) is 9.37 Å². The molecule has 2 aromatic heterocycles. The second-order valence-corrected chi connectivity index (χ2v) is 3.71. The summed E-state index contributed by atoms with van der Waals surface area (Å²) < 4.78 is 15.4. The molecule has 14 heavy (non-hydrogen) atoms. The van der Waals surface area contributed by atoms with E-state index >= 15 is 0 Å². The van der Waals surface area contributed by atoms with E-state index in [0.29, 0.717) is 13.0 Å². The van der Waals surface area contributed by atoms with Crippen molar-refractivity contribution in [2.45, 2.75) is 6.42 Å². The molecule has 0 unspecified atom stereocenters. The first-order valence-electron chi connectivity index (χ1n) is 4.24. The topological polar surface area (TPSA) is 43.3 Å². The van der Waals surface area contributed by atoms with E-state index in [0.717, 1.165) is 15.9 Å². The first-order valence-corrected chi connectivity index (χ1v) is 5.03. The molecular formula is C9H9BrFN3. The summed E-state index contributed by atoms with van der Waals surface area (Å²) >= 11 is 3.32. The number of pyridine rings is 1. The third kappa shape index (κ3) is 1.53. The Bertz CT molecular complexity index is 466. The summed E-state index contributed by atoms with van der Waals surface area (Å²) in [7, 11) is 0. The molecule has 74 valence electrons. The van der Waals surface area contributed by atoms with Crippen LogP contribution in [0, 0.1) is 5.82 Å². The van der Waals surface area contributed by atoms with Crippen molar-refractivity contribution in [3.63, 3.8) is 0 Å². The zero-order chi connectivity index (χ0) is 10.1. The maximum Gasteiger partial charge on any atom is 0.139 e. The molecule has 2 N–H and O–H groups in total. The Morgan fingerprint density at radius 3 is 3.00 bits per heavy atom. The SMILES string of the molecule is NCCc1nc(Br)c2ccc(F)cn12. The number of nitrogens with zero attached hydrogens (tertiary/aromatic N) is 2. The molecule has 0 aliphatic carbocycles. The van der Waals surface area contributed by atoms with Crippen molar-refractivity contribution in [2.75, 3.05) is 6.54 Å². The van der Waals surface area contributed by atoms with Crippen LogP contribution in [0.5, 0.6) is 0 Å². The fourth-order valence-corrected chi connectivity index (χ4v) is 1.91. The van der Waals surface area contributed by atoms with E-state index in [1.807, 2.05) is 0 Å². The Hall–Kier alpha value is -0.940. The van der Waals surface area contributed by atoms with Gasteiger partial charge in [-0.3, -0.25) is 4.40 Å². The number of imidazole rings is 1. The number of fused-ring (bicyclic) bond motifs is 1. The minimum atomic E-state index is -0.277. The molecule has 0 spiro atoms. The van der Waals surface area contributed by atoms with Gasteiger partial charge in [0.25, 0.3) is 0 Å². The van der Waals surface area contributed by atoms with Crippen molar-refractivity contribution >= 4 is 21.4 Å². The van der Waals surface area contributed by atoms with E-state index in [-0.39, 0.29) is 5.82 Å². The second kappa shape index (κ2) is 3.67. The van der Waals surface area contributed by atoms with Crippen molar-refractivity contribution in [2.24, 2.45) is 5.73 Å². The van der Waals surface area contributed by atoms with E-state index in [1.165, 1.54) is 12.3 Å². The molecule has 2 rings (SSSR count). The maximum absolute atomic E-state index is 13.0. The maximum atomic E-state index is 13.0. The van der Waals surface area contributed by atoms with Gasteiger partial charge in [0.1, 0.15) is 16.2 Å². The zero-order valence-electron chi connectivity index (χ0n) is 7.37. The van der Waals surface area contributed by atoms with Crippen LogP contribution in [0.3, 0.4) is 0 Å². The number of halogens is 2. The quantitative estimate of drug-likeness (QED) is 0.891. The molecule has 0 saturated heterocycles. The highest BCUT2D eigenvalue weighted by atomic mass is 79.9. The zero-order valence-corrected chi connectivity index (χ0v) is 8.96. The van der Waals surface area contributed by atoms with Gasteiger partial charge in [-0.1, -0.05) is 0 Å². The Morgan fingerprint density at radius 1 is 1.50 bits per heavy atom. The standard InChI is InChI=1S/C9H9BrFN3/c10-9-7-2-1-6(11)5-14(7)8(13-9)3-4-12/h1-2,5H,3-4,12H2. The van der Waals surface area contributed by atoms with E-state index in [9.17, 15) is 4.39 Å². The molecule has 2 aromatic rings. The average molecular weight is 258 g/mol. The number of nitrogens with two attached hydrogens (primary N) is 1. The smallest absolute Gasteiger partial charge is 0.139 e. The Kier molecular flexibility index (Phi) is 2.52. The van der Waals surface area contributed by atoms with E-state index in [4.69, 9.17) is 5.73 Å². The number of rotatable bonds is 2. The molecule has 3 nitrogen and oxygen atoms in total. The van der Waals surface area contributed by atoms with Crippen LogP contribution in [0.2, 0.25) is 0 Å². The van der Waals surface area contributed by atoms with E-state index in [1.54, 1.807) is 10.5 Å². The predicted octanol–water partition coefficient (Wildman–Crippen LogP) is 1.74. The Labute approximate surface area is 88.9 Å². The van der Waals surface area contributed by atoms with Gasteiger partial charge < -0.3 is 5.73 Å². The average Bonchev–Trinajstić information content (AvgIpc) is 2.44. The van der Waals surface area contributed by atoms with Gasteiger partial charge in [0.2, 0.25) is 0 Å². The molecular weight excluding hydrogens is 249 g/mol. The summed E-state index contributed by atoms with van der Waals surface area (Å²) in [6.45, 7) is 0.502. The van der Waals surface area contributed by atoms with Crippen LogP contribution in [-0.2, 0) is 6.42 Å². The number of hydrogen-bond acceptors (Lipinski definition) is 2. The van der Waals surface area contributed by atoms with Crippen LogP contribution >= 0.6 is 15.9 Å². The normalized spacial score (nSPS) is 11.1. The molecule has 0 radical (unpaired) electrons. The molecule has 0 saturated carbocycles. The van der Waals surface area contributed by atoms with Gasteiger partial charge in [-0.05, 0) is 34.6 Å². The molecule has 5 heteroatoms. The van der Waals surface area contributed by atoms with Crippen LogP contribution in [0.25, 0.3) is 5.52 Å². The minimum absolute atomic E-state index is 0.277. The lowest BCUT2D eigenvalue weighted by Crippen LogP contribution is -2.06. The minimum Gasteiger partial charge on any atom is -0.330 e. The first kappa shape index (κ1) is 9.61. The van der Waals surface area contributed by atoms with Crippen molar-refractivity contribution in [3.8, 4) is 0 Å². The van der Waals surface area contributed by atoms with Gasteiger partial charge in [0.15, 0.2) is 0 Å². The summed E-state index contributed by atoms with van der Waals surface area (Å²) in [4.78, 5) is 4.25. The number of hydrogen-bond donors (Lipinski definition) is 1. The summed E-state index contributed by atoms with van der Waals surface area (Å²) in [6.07, 6.45) is 2.05. The summed E-state index contributed by atoms with van der Waals surface area (Å²) in [6, 6.07) is 3.10. The molecule has 2 heterocycles. The lowest BCUT2D eigenvalue weighted by atomic mass is 10.4. The lowest BCUT2D eigenvalue weighted by molar-refractivity contribution is 0.617. The largest absolute Gasteiger partial charge is 0.330 e. The van der Waals surface area contributed by atoms with Crippen LogP contribution in [0.4, 0.5) is 4.39 Å². The highest BCUT2D eigenvalue weighted by Crippen LogP contribution is 2.19. The molecule has 0 aliphatic heterocycles. The third-order valence-electron chi connectivity index (χ3n) is 2.00. The number of aromatic nitrogens is 2. The first-order chi connectivity index (χ1) is 6.72. The molecule has 0 aliphatic rings. The van der Waals surface area contributed by atoms with Crippen molar-refractivity contribution in [1.82, 2.24) is 9.38 Å². The summed E-state index contributed by atoms with van der Waals surface area (Å²) in [5.74, 6) is 0.495. The predicted molar refractivity (Wildman–Crippen MR) is 55.6 cm³/mol. The van der Waals surface area contributed by atoms with Gasteiger partial charge in [0, 0.05) is 12.6 Å². The Morgan fingerprint density at radius 2 is 2.29 bits per heavy atom. The van der Waals surface area contributed by atoms with Gasteiger partial charge >= 0.3 is 0 Å². The Balaban J connectivity index is 2.66. The van der Waals surface area contributed by atoms with Crippen molar-refractivity contribution in [3.05, 3.63) is 34.6 Å². The van der Waals surface area contributed by atoms with Crippen molar-refractivity contribution < 1.29 is 4.39 Å². The van der Waals surface area contributed by atoms with Gasteiger partial charge in [-0.2, -0.15) is 0 Å². The van der Waals surface area contributed by atoms with Crippen LogP contribution in [0.1, 0.15) is 5.82 Å².